The molecule has 2 amide bonds. The number of anilines is 1. The molecule has 2 aromatic carbocycles. The van der Waals surface area contributed by atoms with Gasteiger partial charge in [0.05, 0.1) is 5.52 Å². The average Bonchev–Trinajstić information content (AvgIpc) is 3.44. The SMILES string of the molecule is N=C(N)SCCCc1cn(C2=C(N3CCc4ccccc43)C(=O)NC2=O)c2ccccc12. The molecule has 2 aliphatic rings. The standard InChI is InChI=1S/C24H23N5O2S/c25-24(26)32-13-5-7-16-14-29(19-10-4-2-8-17(16)19)21-20(22(30)27-23(21)31)28-12-11-15-6-1-3-9-18(15)28/h1-4,6,8-10,14H,5,7,11-13H2,(H3,25,26)(H,27,30,31). The van der Waals surface area contributed by atoms with Crippen molar-refractivity contribution in [1.29, 1.82) is 5.41 Å². The molecule has 1 aromatic heterocycles. The zero-order chi connectivity index (χ0) is 22.2. The number of nitrogens with two attached hydrogens (primary N) is 1. The summed E-state index contributed by atoms with van der Waals surface area (Å²) >= 11 is 1.33. The summed E-state index contributed by atoms with van der Waals surface area (Å²) in [5, 5.41) is 11.1. The molecule has 3 aromatic rings. The lowest BCUT2D eigenvalue weighted by Gasteiger charge is -2.20. The van der Waals surface area contributed by atoms with Gasteiger partial charge in [0.2, 0.25) is 0 Å². The fourth-order valence-electron chi connectivity index (χ4n) is 4.56. The Balaban J connectivity index is 1.59. The number of hydrogen-bond donors (Lipinski definition) is 3. The van der Waals surface area contributed by atoms with E-state index in [1.54, 1.807) is 0 Å². The van der Waals surface area contributed by atoms with E-state index in [1.807, 2.05) is 58.1 Å². The van der Waals surface area contributed by atoms with Crippen molar-refractivity contribution < 1.29 is 9.59 Å². The third-order valence-corrected chi connectivity index (χ3v) is 6.73. The van der Waals surface area contributed by atoms with E-state index in [0.29, 0.717) is 17.9 Å². The van der Waals surface area contributed by atoms with E-state index in [9.17, 15) is 9.59 Å². The summed E-state index contributed by atoms with van der Waals surface area (Å²) in [6.45, 7) is 0.660. The number of imide groups is 1. The summed E-state index contributed by atoms with van der Waals surface area (Å²) in [6, 6.07) is 15.9. The highest BCUT2D eigenvalue weighted by Gasteiger charge is 2.38. The van der Waals surface area contributed by atoms with Crippen molar-refractivity contribution in [3.63, 3.8) is 0 Å². The summed E-state index contributed by atoms with van der Waals surface area (Å²) in [4.78, 5) is 27.8. The molecule has 5 rings (SSSR count). The number of hydrogen-bond acceptors (Lipinski definition) is 5. The number of carbonyl (C=O) groups is 2. The molecule has 7 nitrogen and oxygen atoms in total. The van der Waals surface area contributed by atoms with Crippen LogP contribution in [0.4, 0.5) is 5.69 Å². The number of para-hydroxylation sites is 2. The second-order valence-electron chi connectivity index (χ2n) is 7.87. The molecule has 32 heavy (non-hydrogen) atoms. The molecule has 0 radical (unpaired) electrons. The van der Waals surface area contributed by atoms with Gasteiger partial charge in [-0.05, 0) is 42.5 Å². The monoisotopic (exact) mass is 445 g/mol. The van der Waals surface area contributed by atoms with Gasteiger partial charge < -0.3 is 15.2 Å². The number of thioether (sulfide) groups is 1. The maximum atomic E-state index is 13.0. The quantitative estimate of drug-likeness (QED) is 0.234. The highest BCUT2D eigenvalue weighted by atomic mass is 32.2. The highest BCUT2D eigenvalue weighted by Crippen LogP contribution is 2.36. The summed E-state index contributed by atoms with van der Waals surface area (Å²) in [7, 11) is 0. The van der Waals surface area contributed by atoms with Crippen molar-refractivity contribution in [3.05, 3.63) is 71.6 Å². The lowest BCUT2D eigenvalue weighted by molar-refractivity contribution is -0.123. The van der Waals surface area contributed by atoms with Crippen LogP contribution in [0, 0.1) is 5.41 Å². The van der Waals surface area contributed by atoms with Gasteiger partial charge in [0.1, 0.15) is 11.4 Å². The fraction of sp³-hybridized carbons (Fsp3) is 0.208. The number of carbonyl (C=O) groups excluding carboxylic acids is 2. The lowest BCUT2D eigenvalue weighted by Crippen LogP contribution is -2.29. The zero-order valence-corrected chi connectivity index (χ0v) is 18.2. The van der Waals surface area contributed by atoms with Crippen LogP contribution in [0.2, 0.25) is 0 Å². The first-order valence-electron chi connectivity index (χ1n) is 10.6. The molecular formula is C24H23N5O2S. The molecular weight excluding hydrogens is 422 g/mol. The number of amidine groups is 1. The number of aromatic nitrogens is 1. The van der Waals surface area contributed by atoms with Crippen LogP contribution in [-0.2, 0) is 22.4 Å². The maximum Gasteiger partial charge on any atom is 0.277 e. The van der Waals surface area contributed by atoms with E-state index in [1.165, 1.54) is 17.3 Å². The van der Waals surface area contributed by atoms with Crippen molar-refractivity contribution in [2.75, 3.05) is 17.2 Å². The number of nitrogens with zero attached hydrogens (tertiary/aromatic N) is 2. The predicted molar refractivity (Wildman–Crippen MR) is 128 cm³/mol. The smallest absolute Gasteiger partial charge is 0.277 e. The van der Waals surface area contributed by atoms with Crippen molar-refractivity contribution in [2.24, 2.45) is 5.73 Å². The molecule has 4 N–H and O–H groups in total. The van der Waals surface area contributed by atoms with Gasteiger partial charge in [-0.15, -0.1) is 0 Å². The minimum Gasteiger partial charge on any atom is -0.379 e. The minimum atomic E-state index is -0.381. The number of nitrogens with one attached hydrogen (secondary N) is 2. The number of aryl methyl sites for hydroxylation is 1. The van der Waals surface area contributed by atoms with E-state index < -0.39 is 0 Å². The number of fused-ring (bicyclic) bond motifs is 2. The number of amides is 2. The topological polar surface area (TPSA) is 104 Å². The second-order valence-corrected chi connectivity index (χ2v) is 9.01. The van der Waals surface area contributed by atoms with Crippen LogP contribution in [0.25, 0.3) is 16.6 Å². The molecule has 0 fully saturated rings. The van der Waals surface area contributed by atoms with Crippen LogP contribution in [0.5, 0.6) is 0 Å². The van der Waals surface area contributed by atoms with Gasteiger partial charge in [0.25, 0.3) is 11.8 Å². The summed E-state index contributed by atoms with van der Waals surface area (Å²) in [5.74, 6) is 0.0134. The normalized spacial score (nSPS) is 15.6. The molecule has 0 saturated carbocycles. The Labute approximate surface area is 189 Å². The van der Waals surface area contributed by atoms with Crippen LogP contribution in [0.15, 0.2) is 60.4 Å². The Morgan fingerprint density at radius 2 is 1.81 bits per heavy atom. The lowest BCUT2D eigenvalue weighted by atomic mass is 10.1. The molecule has 0 saturated heterocycles. The molecule has 8 heteroatoms. The van der Waals surface area contributed by atoms with Crippen LogP contribution >= 0.6 is 11.8 Å². The van der Waals surface area contributed by atoms with E-state index in [0.717, 1.165) is 47.2 Å². The van der Waals surface area contributed by atoms with Crippen LogP contribution < -0.4 is 16.0 Å². The van der Waals surface area contributed by atoms with E-state index >= 15 is 0 Å². The Bertz CT molecular complexity index is 1290. The maximum absolute atomic E-state index is 13.0. The minimum absolute atomic E-state index is 0.120. The van der Waals surface area contributed by atoms with Crippen molar-refractivity contribution in [1.82, 2.24) is 9.88 Å². The number of rotatable bonds is 6. The summed E-state index contributed by atoms with van der Waals surface area (Å²) in [5.41, 5.74) is 10.4. The van der Waals surface area contributed by atoms with Crippen molar-refractivity contribution in [3.8, 4) is 0 Å². The van der Waals surface area contributed by atoms with Crippen LogP contribution in [0.1, 0.15) is 17.5 Å². The molecule has 0 spiro atoms. The summed E-state index contributed by atoms with van der Waals surface area (Å²) in [6.07, 6.45) is 4.45. The molecule has 3 heterocycles. The Morgan fingerprint density at radius 3 is 2.66 bits per heavy atom. The second kappa shape index (κ2) is 8.20. The Hall–Kier alpha value is -3.52. The van der Waals surface area contributed by atoms with E-state index in [2.05, 4.69) is 11.4 Å². The number of benzene rings is 2. The first kappa shape index (κ1) is 20.4. The first-order chi connectivity index (χ1) is 15.5. The summed E-state index contributed by atoms with van der Waals surface area (Å²) < 4.78 is 1.86. The third kappa shape index (κ3) is 3.46. The highest BCUT2D eigenvalue weighted by molar-refractivity contribution is 8.13. The van der Waals surface area contributed by atoms with Crippen LogP contribution in [-0.4, -0.2) is 33.8 Å². The van der Waals surface area contributed by atoms with E-state index in [4.69, 9.17) is 11.1 Å². The van der Waals surface area contributed by atoms with Crippen LogP contribution in [0.3, 0.4) is 0 Å². The molecule has 0 bridgehead atoms. The van der Waals surface area contributed by atoms with Gasteiger partial charge in [-0.25, -0.2) is 0 Å². The Morgan fingerprint density at radius 1 is 1.06 bits per heavy atom. The van der Waals surface area contributed by atoms with Gasteiger partial charge in [-0.3, -0.25) is 20.3 Å². The Kier molecular flexibility index (Phi) is 5.22. The van der Waals surface area contributed by atoms with Gasteiger partial charge in [-0.1, -0.05) is 48.2 Å². The van der Waals surface area contributed by atoms with Gasteiger partial charge in [-0.2, -0.15) is 0 Å². The van der Waals surface area contributed by atoms with E-state index in [-0.39, 0.29) is 17.0 Å². The van der Waals surface area contributed by atoms with Gasteiger partial charge >= 0.3 is 0 Å². The van der Waals surface area contributed by atoms with Crippen molar-refractivity contribution >= 4 is 51.0 Å². The molecule has 2 aliphatic heterocycles. The molecule has 162 valence electrons. The predicted octanol–water partition coefficient (Wildman–Crippen LogP) is 3.09. The first-order valence-corrected chi connectivity index (χ1v) is 11.5. The fourth-order valence-corrected chi connectivity index (χ4v) is 5.07. The average molecular weight is 446 g/mol. The zero-order valence-electron chi connectivity index (χ0n) is 17.4. The molecule has 0 unspecified atom stereocenters. The largest absolute Gasteiger partial charge is 0.379 e. The van der Waals surface area contributed by atoms with Crippen molar-refractivity contribution in [2.45, 2.75) is 19.3 Å². The van der Waals surface area contributed by atoms with Gasteiger partial charge in [0, 0.05) is 29.6 Å². The third-order valence-electron chi connectivity index (χ3n) is 5.92. The molecule has 0 aliphatic carbocycles. The molecule has 0 atom stereocenters. The van der Waals surface area contributed by atoms with Gasteiger partial charge in [0.15, 0.2) is 5.17 Å².